The number of pyridine rings is 1. The third-order valence-electron chi connectivity index (χ3n) is 4.35. The number of Topliss-reactive ketones (excluding diaryl/α,β-unsaturated/α-hetero) is 1. The number of hydrogen-bond acceptors (Lipinski definition) is 5. The van der Waals surface area contributed by atoms with Gasteiger partial charge in [-0.3, -0.25) is 4.79 Å². The van der Waals surface area contributed by atoms with Gasteiger partial charge in [0.1, 0.15) is 11.4 Å². The van der Waals surface area contributed by atoms with Crippen molar-refractivity contribution in [2.45, 2.75) is 12.8 Å². The number of rotatable bonds is 6. The van der Waals surface area contributed by atoms with Gasteiger partial charge in [-0.15, -0.1) is 0 Å². The number of aryl methyl sites for hydroxylation is 1. The summed E-state index contributed by atoms with van der Waals surface area (Å²) in [6.45, 7) is 0.471. The predicted octanol–water partition coefficient (Wildman–Crippen LogP) is 2.34. The molecule has 0 spiro atoms. The van der Waals surface area contributed by atoms with Crippen LogP contribution < -0.4 is 0 Å². The van der Waals surface area contributed by atoms with Crippen molar-refractivity contribution in [3.8, 4) is 11.1 Å². The van der Waals surface area contributed by atoms with E-state index in [1.165, 1.54) is 0 Å². The standard InChI is InChI=1S/C19H20N6O/c1-24(2)12-14(26)6-5-13-10-16-15(7-9-20-19(16)23-13)17-11-22-25-18(17)4-3-8-21-25/h3-4,7-11H,5-6,12H2,1-2H3,(H,20,23). The van der Waals surface area contributed by atoms with E-state index < -0.39 is 0 Å². The van der Waals surface area contributed by atoms with Crippen molar-refractivity contribution in [1.29, 1.82) is 0 Å². The van der Waals surface area contributed by atoms with E-state index in [1.54, 1.807) is 17.0 Å². The molecule has 4 rings (SSSR count). The molecule has 0 saturated heterocycles. The van der Waals surface area contributed by atoms with Gasteiger partial charge in [0.15, 0.2) is 0 Å². The quantitative estimate of drug-likeness (QED) is 0.578. The van der Waals surface area contributed by atoms with Crippen LogP contribution in [0, 0.1) is 0 Å². The van der Waals surface area contributed by atoms with Crippen molar-refractivity contribution in [2.75, 3.05) is 20.6 Å². The van der Waals surface area contributed by atoms with Gasteiger partial charge in [0.2, 0.25) is 0 Å². The van der Waals surface area contributed by atoms with Gasteiger partial charge in [0, 0.05) is 35.5 Å². The Kier molecular flexibility index (Phi) is 4.22. The van der Waals surface area contributed by atoms with Gasteiger partial charge in [-0.25, -0.2) is 4.98 Å². The maximum atomic E-state index is 12.0. The van der Waals surface area contributed by atoms with E-state index in [0.29, 0.717) is 19.4 Å². The van der Waals surface area contributed by atoms with Crippen molar-refractivity contribution >= 4 is 22.3 Å². The second kappa shape index (κ2) is 6.68. The van der Waals surface area contributed by atoms with E-state index >= 15 is 0 Å². The Hall–Kier alpha value is -3.06. The van der Waals surface area contributed by atoms with Crippen molar-refractivity contribution in [3.63, 3.8) is 0 Å². The average Bonchev–Trinajstić information content (AvgIpc) is 3.23. The first kappa shape index (κ1) is 16.4. The Morgan fingerprint density at radius 2 is 2.08 bits per heavy atom. The highest BCUT2D eigenvalue weighted by Gasteiger charge is 2.13. The summed E-state index contributed by atoms with van der Waals surface area (Å²) in [5.74, 6) is 0.232. The zero-order chi connectivity index (χ0) is 18.1. The molecule has 0 aliphatic heterocycles. The minimum Gasteiger partial charge on any atom is -0.343 e. The van der Waals surface area contributed by atoms with Crippen molar-refractivity contribution in [2.24, 2.45) is 0 Å². The zero-order valence-electron chi connectivity index (χ0n) is 14.8. The number of carbonyl (C=O) groups is 1. The van der Waals surface area contributed by atoms with Crippen LogP contribution in [-0.4, -0.2) is 56.1 Å². The number of H-pyrrole nitrogens is 1. The molecule has 0 bridgehead atoms. The van der Waals surface area contributed by atoms with E-state index in [4.69, 9.17) is 0 Å². The Labute approximate surface area is 150 Å². The highest BCUT2D eigenvalue weighted by Crippen LogP contribution is 2.30. The molecule has 0 saturated carbocycles. The summed E-state index contributed by atoms with van der Waals surface area (Å²) >= 11 is 0. The Morgan fingerprint density at radius 1 is 1.19 bits per heavy atom. The molecular weight excluding hydrogens is 328 g/mol. The molecule has 0 aromatic carbocycles. The van der Waals surface area contributed by atoms with Crippen LogP contribution in [0.2, 0.25) is 0 Å². The molecule has 0 aliphatic rings. The summed E-state index contributed by atoms with van der Waals surface area (Å²) in [5, 5.41) is 9.58. The highest BCUT2D eigenvalue weighted by molar-refractivity contribution is 5.97. The number of nitrogens with zero attached hydrogens (tertiary/aromatic N) is 5. The topological polar surface area (TPSA) is 79.2 Å². The van der Waals surface area contributed by atoms with E-state index in [0.717, 1.165) is 33.4 Å². The number of aromatic amines is 1. The van der Waals surface area contributed by atoms with Crippen LogP contribution in [0.15, 0.2) is 42.9 Å². The van der Waals surface area contributed by atoms with Crippen LogP contribution in [0.5, 0.6) is 0 Å². The molecule has 0 radical (unpaired) electrons. The third-order valence-corrected chi connectivity index (χ3v) is 4.35. The molecule has 0 aliphatic carbocycles. The van der Waals surface area contributed by atoms with Crippen molar-refractivity contribution < 1.29 is 4.79 Å². The fourth-order valence-corrected chi connectivity index (χ4v) is 3.20. The monoisotopic (exact) mass is 348 g/mol. The lowest BCUT2D eigenvalue weighted by molar-refractivity contribution is -0.119. The molecule has 4 aromatic heterocycles. The van der Waals surface area contributed by atoms with Gasteiger partial charge >= 0.3 is 0 Å². The van der Waals surface area contributed by atoms with Crippen LogP contribution >= 0.6 is 0 Å². The van der Waals surface area contributed by atoms with Gasteiger partial charge in [-0.1, -0.05) is 0 Å². The zero-order valence-corrected chi connectivity index (χ0v) is 14.8. The lowest BCUT2D eigenvalue weighted by Crippen LogP contribution is -2.21. The molecule has 26 heavy (non-hydrogen) atoms. The minimum atomic E-state index is 0.232. The smallest absolute Gasteiger partial charge is 0.147 e. The normalized spacial score (nSPS) is 11.7. The van der Waals surface area contributed by atoms with Crippen LogP contribution in [0.25, 0.3) is 27.7 Å². The Balaban J connectivity index is 1.67. The van der Waals surface area contributed by atoms with Crippen molar-refractivity contribution in [1.82, 2.24) is 29.7 Å². The van der Waals surface area contributed by atoms with Crippen LogP contribution in [-0.2, 0) is 11.2 Å². The lowest BCUT2D eigenvalue weighted by Gasteiger charge is -2.07. The number of ketones is 1. The van der Waals surface area contributed by atoms with E-state index in [1.807, 2.05) is 43.4 Å². The first-order valence-electron chi connectivity index (χ1n) is 8.54. The van der Waals surface area contributed by atoms with E-state index in [9.17, 15) is 4.79 Å². The summed E-state index contributed by atoms with van der Waals surface area (Å²) in [7, 11) is 3.81. The second-order valence-corrected chi connectivity index (χ2v) is 6.65. The van der Waals surface area contributed by atoms with Crippen LogP contribution in [0.1, 0.15) is 12.1 Å². The first-order chi connectivity index (χ1) is 12.6. The predicted molar refractivity (Wildman–Crippen MR) is 100.0 cm³/mol. The van der Waals surface area contributed by atoms with Crippen LogP contribution in [0.3, 0.4) is 0 Å². The molecule has 1 N–H and O–H groups in total. The molecule has 7 nitrogen and oxygen atoms in total. The maximum absolute atomic E-state index is 12.0. The van der Waals surface area contributed by atoms with E-state index in [2.05, 4.69) is 26.2 Å². The third kappa shape index (κ3) is 3.09. The number of fused-ring (bicyclic) bond motifs is 2. The molecule has 0 atom stereocenters. The fraction of sp³-hybridized carbons (Fsp3) is 0.263. The Morgan fingerprint density at radius 3 is 2.92 bits per heavy atom. The highest BCUT2D eigenvalue weighted by atomic mass is 16.1. The lowest BCUT2D eigenvalue weighted by atomic mass is 10.1. The second-order valence-electron chi connectivity index (χ2n) is 6.65. The molecule has 0 fully saturated rings. The largest absolute Gasteiger partial charge is 0.343 e. The minimum absolute atomic E-state index is 0.232. The SMILES string of the molecule is CN(C)CC(=O)CCc1cc2c(-c3cnn4ncccc34)ccnc2[nH]1. The summed E-state index contributed by atoms with van der Waals surface area (Å²) in [4.78, 5) is 21.6. The molecular formula is C19H20N6O. The van der Waals surface area contributed by atoms with Gasteiger partial charge in [-0.2, -0.15) is 14.8 Å². The molecule has 4 aromatic rings. The Bertz CT molecular complexity index is 1080. The number of hydrogen-bond donors (Lipinski definition) is 1. The van der Waals surface area contributed by atoms with E-state index in [-0.39, 0.29) is 5.78 Å². The maximum Gasteiger partial charge on any atom is 0.147 e. The van der Waals surface area contributed by atoms with Gasteiger partial charge in [0.05, 0.1) is 18.3 Å². The summed E-state index contributed by atoms with van der Waals surface area (Å²) in [5.41, 5.74) is 4.85. The first-order valence-corrected chi connectivity index (χ1v) is 8.54. The number of carbonyl (C=O) groups excluding carboxylic acids is 1. The van der Waals surface area contributed by atoms with Gasteiger partial charge in [-0.05, 0) is 50.3 Å². The molecule has 132 valence electrons. The van der Waals surface area contributed by atoms with Crippen molar-refractivity contribution in [3.05, 3.63) is 48.5 Å². The summed E-state index contributed by atoms with van der Waals surface area (Å²) in [6.07, 6.45) is 6.52. The van der Waals surface area contributed by atoms with Gasteiger partial charge < -0.3 is 9.88 Å². The summed E-state index contributed by atoms with van der Waals surface area (Å²) in [6, 6.07) is 7.97. The molecule has 4 heterocycles. The number of aromatic nitrogens is 5. The molecule has 0 unspecified atom stereocenters. The van der Waals surface area contributed by atoms with Gasteiger partial charge in [0.25, 0.3) is 0 Å². The average molecular weight is 348 g/mol. The molecule has 0 amide bonds. The number of nitrogens with one attached hydrogen (secondary N) is 1. The summed E-state index contributed by atoms with van der Waals surface area (Å²) < 4.78 is 1.62. The molecule has 7 heteroatoms. The van der Waals surface area contributed by atoms with Crippen LogP contribution in [0.4, 0.5) is 0 Å². The number of likely N-dealkylation sites (N-methyl/N-ethyl adjacent to an activating group) is 1. The fourth-order valence-electron chi connectivity index (χ4n) is 3.20.